The quantitative estimate of drug-likeness (QED) is 0.714. The molecule has 0 spiro atoms. The van der Waals surface area contributed by atoms with E-state index in [-0.39, 0.29) is 23.0 Å². The molecule has 3 heterocycles. The van der Waals surface area contributed by atoms with E-state index in [1.807, 2.05) is 30.3 Å². The molecular weight excluding hydrogens is 358 g/mol. The van der Waals surface area contributed by atoms with Crippen molar-refractivity contribution in [3.63, 3.8) is 0 Å². The Balaban J connectivity index is 1.93. The van der Waals surface area contributed by atoms with Crippen molar-refractivity contribution in [1.29, 1.82) is 0 Å². The summed E-state index contributed by atoms with van der Waals surface area (Å²) in [6.45, 7) is 5.70. The van der Waals surface area contributed by atoms with Crippen molar-refractivity contribution < 1.29 is 9.90 Å². The van der Waals surface area contributed by atoms with E-state index in [1.54, 1.807) is 4.57 Å². The number of carboxylic acids is 1. The first kappa shape index (κ1) is 18.1. The molecule has 2 unspecified atom stereocenters. The van der Waals surface area contributed by atoms with Crippen molar-refractivity contribution in [2.75, 3.05) is 18.0 Å². The fourth-order valence-corrected chi connectivity index (χ4v) is 3.68. The van der Waals surface area contributed by atoms with Gasteiger partial charge in [-0.15, -0.1) is 0 Å². The monoisotopic (exact) mass is 379 g/mol. The standard InChI is InChI=1S/C20H21N5O3/c1-12-9-24(10-13(2)22-12)20-21-8-15-17(26)16(19(27)28)11-25(18(15)23-20)14-6-4-3-5-7-14/h3-8,11-13,22H,9-10H2,1-2H3,(H,27,28). The number of nitrogens with one attached hydrogen (secondary N) is 1. The summed E-state index contributed by atoms with van der Waals surface area (Å²) in [5.41, 5.74) is 0.229. The fourth-order valence-electron chi connectivity index (χ4n) is 3.68. The van der Waals surface area contributed by atoms with E-state index in [4.69, 9.17) is 0 Å². The van der Waals surface area contributed by atoms with Crippen LogP contribution < -0.4 is 15.6 Å². The maximum Gasteiger partial charge on any atom is 0.341 e. The number of aromatic nitrogens is 3. The summed E-state index contributed by atoms with van der Waals surface area (Å²) in [4.78, 5) is 35.3. The predicted molar refractivity (Wildman–Crippen MR) is 106 cm³/mol. The van der Waals surface area contributed by atoms with Crippen LogP contribution in [0.5, 0.6) is 0 Å². The highest BCUT2D eigenvalue weighted by Gasteiger charge is 2.24. The Kier molecular flexibility index (Phi) is 4.56. The molecule has 1 aromatic carbocycles. The molecule has 144 valence electrons. The number of piperazine rings is 1. The SMILES string of the molecule is CC1CN(c2ncc3c(=O)c(C(=O)O)cn(-c4ccccc4)c3n2)CC(C)N1. The largest absolute Gasteiger partial charge is 0.477 e. The average molecular weight is 379 g/mol. The van der Waals surface area contributed by atoms with Gasteiger partial charge in [-0.05, 0) is 26.0 Å². The number of benzene rings is 1. The molecule has 0 radical (unpaired) electrons. The number of hydrogen-bond acceptors (Lipinski definition) is 6. The molecule has 1 saturated heterocycles. The van der Waals surface area contributed by atoms with Crippen LogP contribution in [0.3, 0.4) is 0 Å². The Hall–Kier alpha value is -3.26. The normalized spacial score (nSPS) is 19.7. The molecule has 0 aliphatic carbocycles. The van der Waals surface area contributed by atoms with Gasteiger partial charge in [0.2, 0.25) is 11.4 Å². The molecule has 1 aliphatic rings. The molecule has 1 aliphatic heterocycles. The van der Waals surface area contributed by atoms with Crippen molar-refractivity contribution in [1.82, 2.24) is 19.9 Å². The number of aromatic carboxylic acids is 1. The van der Waals surface area contributed by atoms with Gasteiger partial charge in [-0.2, -0.15) is 4.98 Å². The number of rotatable bonds is 3. The zero-order valence-electron chi connectivity index (χ0n) is 15.7. The number of para-hydroxylation sites is 1. The molecule has 0 amide bonds. The minimum Gasteiger partial charge on any atom is -0.477 e. The third-order valence-electron chi connectivity index (χ3n) is 4.84. The van der Waals surface area contributed by atoms with E-state index in [0.717, 1.165) is 18.8 Å². The van der Waals surface area contributed by atoms with Gasteiger partial charge in [0.1, 0.15) is 5.56 Å². The lowest BCUT2D eigenvalue weighted by Crippen LogP contribution is -2.54. The molecule has 0 bridgehead atoms. The topological polar surface area (TPSA) is 100 Å². The lowest BCUT2D eigenvalue weighted by molar-refractivity contribution is 0.0695. The van der Waals surface area contributed by atoms with E-state index in [0.29, 0.717) is 11.6 Å². The molecule has 2 N–H and O–H groups in total. The van der Waals surface area contributed by atoms with Gasteiger partial charge in [0.25, 0.3) is 0 Å². The predicted octanol–water partition coefficient (Wildman–Crippen LogP) is 1.67. The van der Waals surface area contributed by atoms with Crippen molar-refractivity contribution in [3.05, 3.63) is 58.5 Å². The molecule has 3 aromatic rings. The fraction of sp³-hybridized carbons (Fsp3) is 0.300. The second-order valence-electron chi connectivity index (χ2n) is 7.16. The summed E-state index contributed by atoms with van der Waals surface area (Å²) in [5, 5.41) is 13.1. The Labute approximate surface area is 161 Å². The van der Waals surface area contributed by atoms with E-state index >= 15 is 0 Å². The van der Waals surface area contributed by atoms with Crippen LogP contribution in [0.2, 0.25) is 0 Å². The van der Waals surface area contributed by atoms with Gasteiger partial charge in [0.05, 0.1) is 5.39 Å². The Morgan fingerprint density at radius 1 is 1.18 bits per heavy atom. The lowest BCUT2D eigenvalue weighted by atomic mass is 10.1. The second-order valence-corrected chi connectivity index (χ2v) is 7.16. The van der Waals surface area contributed by atoms with Gasteiger partial charge >= 0.3 is 5.97 Å². The first-order valence-electron chi connectivity index (χ1n) is 9.16. The molecular formula is C20H21N5O3. The Morgan fingerprint density at radius 3 is 2.50 bits per heavy atom. The van der Waals surface area contributed by atoms with Crippen molar-refractivity contribution in [2.45, 2.75) is 25.9 Å². The van der Waals surface area contributed by atoms with Crippen molar-refractivity contribution in [3.8, 4) is 5.69 Å². The van der Waals surface area contributed by atoms with E-state index in [1.165, 1.54) is 12.4 Å². The first-order chi connectivity index (χ1) is 13.4. The molecule has 2 atom stereocenters. The summed E-state index contributed by atoms with van der Waals surface area (Å²) >= 11 is 0. The van der Waals surface area contributed by atoms with Crippen molar-refractivity contribution in [2.24, 2.45) is 0 Å². The number of carboxylic acid groups (broad SMARTS) is 1. The number of hydrogen-bond donors (Lipinski definition) is 2. The third kappa shape index (κ3) is 3.22. The maximum absolute atomic E-state index is 12.6. The summed E-state index contributed by atoms with van der Waals surface area (Å²) in [5.74, 6) is -0.745. The van der Waals surface area contributed by atoms with E-state index in [9.17, 15) is 14.7 Å². The number of anilines is 1. The van der Waals surface area contributed by atoms with Crippen LogP contribution in [-0.4, -0.2) is 50.8 Å². The number of fused-ring (bicyclic) bond motifs is 1. The highest BCUT2D eigenvalue weighted by Crippen LogP contribution is 2.20. The number of carbonyl (C=O) groups is 1. The van der Waals surface area contributed by atoms with E-state index < -0.39 is 11.4 Å². The van der Waals surface area contributed by atoms with Crippen molar-refractivity contribution >= 4 is 23.0 Å². The van der Waals surface area contributed by atoms with Crippen LogP contribution >= 0.6 is 0 Å². The summed E-state index contributed by atoms with van der Waals surface area (Å²) in [6, 6.07) is 9.82. The molecule has 8 nitrogen and oxygen atoms in total. The van der Waals surface area contributed by atoms with Gasteiger partial charge in [-0.3, -0.25) is 4.79 Å². The molecule has 28 heavy (non-hydrogen) atoms. The van der Waals surface area contributed by atoms with Gasteiger partial charge in [0.15, 0.2) is 5.65 Å². The highest BCUT2D eigenvalue weighted by molar-refractivity contribution is 5.92. The highest BCUT2D eigenvalue weighted by atomic mass is 16.4. The third-order valence-corrected chi connectivity index (χ3v) is 4.84. The molecule has 8 heteroatoms. The van der Waals surface area contributed by atoms with Crippen LogP contribution in [0.1, 0.15) is 24.2 Å². The first-order valence-corrected chi connectivity index (χ1v) is 9.16. The Bertz CT molecular complexity index is 1090. The van der Waals surface area contributed by atoms with E-state index in [2.05, 4.69) is 34.0 Å². The average Bonchev–Trinajstić information content (AvgIpc) is 2.67. The molecule has 0 saturated carbocycles. The minimum absolute atomic E-state index is 0.184. The minimum atomic E-state index is -1.27. The smallest absolute Gasteiger partial charge is 0.341 e. The molecule has 4 rings (SSSR count). The Morgan fingerprint density at radius 2 is 1.86 bits per heavy atom. The summed E-state index contributed by atoms with van der Waals surface area (Å²) < 4.78 is 1.64. The lowest BCUT2D eigenvalue weighted by Gasteiger charge is -2.36. The van der Waals surface area contributed by atoms with Crippen LogP contribution in [0.25, 0.3) is 16.7 Å². The van der Waals surface area contributed by atoms with Crippen LogP contribution in [-0.2, 0) is 0 Å². The zero-order valence-corrected chi connectivity index (χ0v) is 15.7. The van der Waals surface area contributed by atoms with Gasteiger partial charge < -0.3 is 19.9 Å². The van der Waals surface area contributed by atoms with Gasteiger partial charge in [-0.25, -0.2) is 9.78 Å². The molecule has 1 fully saturated rings. The maximum atomic E-state index is 12.6. The zero-order chi connectivity index (χ0) is 19.8. The van der Waals surface area contributed by atoms with Crippen LogP contribution in [0.15, 0.2) is 47.5 Å². The summed E-state index contributed by atoms with van der Waals surface area (Å²) in [7, 11) is 0. The second kappa shape index (κ2) is 7.05. The number of nitrogens with zero attached hydrogens (tertiary/aromatic N) is 4. The van der Waals surface area contributed by atoms with Crippen LogP contribution in [0, 0.1) is 0 Å². The number of pyridine rings is 1. The van der Waals surface area contributed by atoms with Gasteiger partial charge in [0, 0.05) is 43.3 Å². The summed E-state index contributed by atoms with van der Waals surface area (Å²) in [6.07, 6.45) is 2.77. The van der Waals surface area contributed by atoms with Gasteiger partial charge in [-0.1, -0.05) is 18.2 Å². The van der Waals surface area contributed by atoms with Crippen LogP contribution in [0.4, 0.5) is 5.95 Å². The molecule has 2 aromatic heterocycles.